The second kappa shape index (κ2) is 5.85. The SMILES string of the molecule is Cc1cc(Cl)cc2c1N(C(=O)C1CCS(=O)(=O)CC1)CCC2. The lowest BCUT2D eigenvalue weighted by molar-refractivity contribution is -0.122. The standard InChI is InChI=1S/C16H20ClNO3S/c1-11-9-14(17)10-13-3-2-6-18(15(11)13)16(19)12-4-7-22(20,21)8-5-12/h9-10,12H,2-8H2,1H3. The molecule has 0 atom stereocenters. The van der Waals surface area contributed by atoms with Gasteiger partial charge < -0.3 is 4.90 Å². The monoisotopic (exact) mass is 341 g/mol. The van der Waals surface area contributed by atoms with Crippen LogP contribution in [0.1, 0.15) is 30.4 Å². The first-order valence-electron chi connectivity index (χ1n) is 7.68. The van der Waals surface area contributed by atoms with E-state index in [0.29, 0.717) is 24.4 Å². The van der Waals surface area contributed by atoms with Crippen LogP contribution in [0.3, 0.4) is 0 Å². The molecular weight excluding hydrogens is 322 g/mol. The van der Waals surface area contributed by atoms with Gasteiger partial charge in [0, 0.05) is 23.2 Å². The van der Waals surface area contributed by atoms with Crippen molar-refractivity contribution in [1.82, 2.24) is 0 Å². The minimum absolute atomic E-state index is 0.0706. The molecule has 0 saturated carbocycles. The zero-order valence-electron chi connectivity index (χ0n) is 12.6. The first-order valence-corrected chi connectivity index (χ1v) is 9.88. The fourth-order valence-electron chi connectivity index (χ4n) is 3.50. The smallest absolute Gasteiger partial charge is 0.230 e. The Labute approximate surface area is 136 Å². The van der Waals surface area contributed by atoms with E-state index in [0.717, 1.165) is 29.7 Å². The Morgan fingerprint density at radius 1 is 1.27 bits per heavy atom. The third-order valence-electron chi connectivity index (χ3n) is 4.61. The van der Waals surface area contributed by atoms with Gasteiger partial charge in [-0.1, -0.05) is 11.6 Å². The first-order chi connectivity index (χ1) is 10.4. The van der Waals surface area contributed by atoms with E-state index in [1.807, 2.05) is 24.0 Å². The van der Waals surface area contributed by atoms with Crippen LogP contribution >= 0.6 is 11.6 Å². The molecule has 0 unspecified atom stereocenters. The molecule has 0 N–H and O–H groups in total. The minimum atomic E-state index is -2.94. The molecule has 1 fully saturated rings. The average molecular weight is 342 g/mol. The van der Waals surface area contributed by atoms with Crippen molar-refractivity contribution in [3.8, 4) is 0 Å². The second-order valence-corrected chi connectivity index (χ2v) is 8.99. The highest BCUT2D eigenvalue weighted by atomic mass is 35.5. The normalized spacial score (nSPS) is 21.5. The van der Waals surface area contributed by atoms with Gasteiger partial charge in [-0.05, 0) is 55.9 Å². The van der Waals surface area contributed by atoms with Crippen molar-refractivity contribution in [1.29, 1.82) is 0 Å². The predicted molar refractivity (Wildman–Crippen MR) is 88.2 cm³/mol. The Morgan fingerprint density at radius 3 is 2.64 bits per heavy atom. The molecule has 2 aliphatic heterocycles. The summed E-state index contributed by atoms with van der Waals surface area (Å²) < 4.78 is 23.1. The molecule has 1 saturated heterocycles. The largest absolute Gasteiger partial charge is 0.312 e. The summed E-state index contributed by atoms with van der Waals surface area (Å²) in [5, 5.41) is 0.703. The summed E-state index contributed by atoms with van der Waals surface area (Å²) in [6.07, 6.45) is 2.74. The summed E-state index contributed by atoms with van der Waals surface area (Å²) in [5.41, 5.74) is 3.11. The van der Waals surface area contributed by atoms with Gasteiger partial charge in [0.05, 0.1) is 11.5 Å². The molecule has 4 nitrogen and oxygen atoms in total. The van der Waals surface area contributed by atoms with Gasteiger partial charge in [0.15, 0.2) is 0 Å². The number of nitrogens with zero attached hydrogens (tertiary/aromatic N) is 1. The summed E-state index contributed by atoms with van der Waals surface area (Å²) in [6.45, 7) is 2.68. The number of sulfone groups is 1. The summed E-state index contributed by atoms with van der Waals surface area (Å²) >= 11 is 6.12. The Bertz CT molecular complexity index is 700. The summed E-state index contributed by atoms with van der Waals surface area (Å²) in [5.74, 6) is 0.152. The molecule has 6 heteroatoms. The number of aryl methyl sites for hydroxylation is 2. The van der Waals surface area contributed by atoms with E-state index in [2.05, 4.69) is 0 Å². The lowest BCUT2D eigenvalue weighted by atomic mass is 9.94. The zero-order chi connectivity index (χ0) is 15.9. The van der Waals surface area contributed by atoms with E-state index in [1.165, 1.54) is 0 Å². The fraction of sp³-hybridized carbons (Fsp3) is 0.562. The highest BCUT2D eigenvalue weighted by molar-refractivity contribution is 7.91. The van der Waals surface area contributed by atoms with Gasteiger partial charge in [-0.2, -0.15) is 0 Å². The van der Waals surface area contributed by atoms with E-state index in [4.69, 9.17) is 11.6 Å². The van der Waals surface area contributed by atoms with Gasteiger partial charge in [-0.25, -0.2) is 8.42 Å². The van der Waals surface area contributed by atoms with Crippen LogP contribution < -0.4 is 4.90 Å². The highest BCUT2D eigenvalue weighted by Gasteiger charge is 2.34. The molecule has 0 aliphatic carbocycles. The van der Waals surface area contributed by atoms with Gasteiger partial charge in [-0.15, -0.1) is 0 Å². The molecule has 2 heterocycles. The van der Waals surface area contributed by atoms with Crippen LogP contribution in [0, 0.1) is 12.8 Å². The van der Waals surface area contributed by atoms with Gasteiger partial charge in [0.2, 0.25) is 5.91 Å². The van der Waals surface area contributed by atoms with Gasteiger partial charge in [0.1, 0.15) is 9.84 Å². The maximum Gasteiger partial charge on any atom is 0.230 e. The lowest BCUT2D eigenvalue weighted by Crippen LogP contribution is -2.42. The number of rotatable bonds is 1. The number of amides is 1. The Kier molecular flexibility index (Phi) is 4.21. The molecule has 1 aromatic carbocycles. The average Bonchev–Trinajstić information content (AvgIpc) is 2.45. The second-order valence-electron chi connectivity index (χ2n) is 6.25. The van der Waals surface area contributed by atoms with Crippen molar-refractivity contribution in [2.24, 2.45) is 5.92 Å². The molecule has 1 amide bonds. The van der Waals surface area contributed by atoms with Crippen LogP contribution in [0.25, 0.3) is 0 Å². The topological polar surface area (TPSA) is 54.5 Å². The van der Waals surface area contributed by atoms with Crippen LogP contribution in [0.15, 0.2) is 12.1 Å². The van der Waals surface area contributed by atoms with Crippen LogP contribution in [0.4, 0.5) is 5.69 Å². The zero-order valence-corrected chi connectivity index (χ0v) is 14.2. The van der Waals surface area contributed by atoms with E-state index in [-0.39, 0.29) is 23.3 Å². The highest BCUT2D eigenvalue weighted by Crippen LogP contribution is 2.35. The molecule has 120 valence electrons. The quantitative estimate of drug-likeness (QED) is 0.789. The molecule has 2 aliphatic rings. The molecule has 1 aromatic rings. The molecule has 22 heavy (non-hydrogen) atoms. The van der Waals surface area contributed by atoms with Crippen LogP contribution in [-0.4, -0.2) is 32.4 Å². The molecule has 3 rings (SSSR count). The van der Waals surface area contributed by atoms with Gasteiger partial charge in [-0.3, -0.25) is 4.79 Å². The number of benzene rings is 1. The number of fused-ring (bicyclic) bond motifs is 1. The van der Waals surface area contributed by atoms with Crippen LogP contribution in [0.2, 0.25) is 5.02 Å². The van der Waals surface area contributed by atoms with Gasteiger partial charge in [0.25, 0.3) is 0 Å². The maximum atomic E-state index is 12.9. The number of hydrogen-bond acceptors (Lipinski definition) is 3. The minimum Gasteiger partial charge on any atom is -0.312 e. The van der Waals surface area contributed by atoms with E-state index >= 15 is 0 Å². The Morgan fingerprint density at radius 2 is 1.95 bits per heavy atom. The summed E-state index contributed by atoms with van der Waals surface area (Å²) in [6, 6.07) is 3.83. The Balaban J connectivity index is 1.87. The number of carbonyl (C=O) groups excluding carboxylic acids is 1. The third-order valence-corrected chi connectivity index (χ3v) is 6.55. The Hall–Kier alpha value is -1.07. The van der Waals surface area contributed by atoms with E-state index in [1.54, 1.807) is 0 Å². The van der Waals surface area contributed by atoms with Gasteiger partial charge >= 0.3 is 0 Å². The van der Waals surface area contributed by atoms with Crippen molar-refractivity contribution in [3.63, 3.8) is 0 Å². The molecule has 0 bridgehead atoms. The predicted octanol–water partition coefficient (Wildman–Crippen LogP) is 2.75. The lowest BCUT2D eigenvalue weighted by Gasteiger charge is -2.34. The maximum absolute atomic E-state index is 12.9. The summed E-state index contributed by atoms with van der Waals surface area (Å²) in [4.78, 5) is 14.7. The molecule has 0 aromatic heterocycles. The summed E-state index contributed by atoms with van der Waals surface area (Å²) in [7, 11) is -2.94. The van der Waals surface area contributed by atoms with Crippen LogP contribution in [0.5, 0.6) is 0 Å². The number of anilines is 1. The number of halogens is 1. The fourth-order valence-corrected chi connectivity index (χ4v) is 5.29. The van der Waals surface area contributed by atoms with Crippen molar-refractivity contribution in [2.45, 2.75) is 32.6 Å². The number of hydrogen-bond donors (Lipinski definition) is 0. The van der Waals surface area contributed by atoms with Crippen LogP contribution in [-0.2, 0) is 21.1 Å². The first kappa shape index (κ1) is 15.8. The van der Waals surface area contributed by atoms with Crippen molar-refractivity contribution in [3.05, 3.63) is 28.3 Å². The molecular formula is C16H20ClNO3S. The van der Waals surface area contributed by atoms with Crippen molar-refractivity contribution < 1.29 is 13.2 Å². The van der Waals surface area contributed by atoms with Crippen molar-refractivity contribution in [2.75, 3.05) is 23.0 Å². The molecule has 0 radical (unpaired) electrons. The van der Waals surface area contributed by atoms with Crippen molar-refractivity contribution >= 4 is 33.0 Å². The van der Waals surface area contributed by atoms with E-state index in [9.17, 15) is 13.2 Å². The number of carbonyl (C=O) groups is 1. The van der Waals surface area contributed by atoms with E-state index < -0.39 is 9.84 Å². The molecule has 0 spiro atoms. The third kappa shape index (κ3) is 3.01.